The zero-order chi connectivity index (χ0) is 20.6. The van der Waals surface area contributed by atoms with Crippen LogP contribution in [0.1, 0.15) is 68.9 Å². The summed E-state index contributed by atoms with van der Waals surface area (Å²) in [6.07, 6.45) is 10.6. The minimum Gasteiger partial charge on any atom is -0.489 e. The van der Waals surface area contributed by atoms with Crippen LogP contribution < -0.4 is 4.74 Å². The molecule has 4 heteroatoms. The summed E-state index contributed by atoms with van der Waals surface area (Å²) in [4.78, 5) is 11.4. The standard InChI is InChI=1S/C25H32O4/c1-3-4-5-10-20(26)15-13-18-14-16-23-22(17-18)21-11-6-8-19(25(21)29-23)9-7-12-24(27)28-2/h6,8,11,13,15,18,20,22-23,26H,5,7,9-10,12,14,16-17H2,1-2H3/b15-13+. The van der Waals surface area contributed by atoms with Gasteiger partial charge < -0.3 is 14.6 Å². The Hall–Kier alpha value is -2.25. The molecular weight excluding hydrogens is 364 g/mol. The molecule has 0 amide bonds. The topological polar surface area (TPSA) is 55.8 Å². The summed E-state index contributed by atoms with van der Waals surface area (Å²) >= 11 is 0. The highest BCUT2D eigenvalue weighted by atomic mass is 16.5. The third-order valence-corrected chi connectivity index (χ3v) is 6.03. The average molecular weight is 397 g/mol. The molecule has 0 bridgehead atoms. The van der Waals surface area contributed by atoms with Gasteiger partial charge >= 0.3 is 5.97 Å². The third-order valence-electron chi connectivity index (χ3n) is 6.03. The molecule has 0 radical (unpaired) electrons. The number of aryl methyl sites for hydroxylation is 1. The molecule has 1 aliphatic heterocycles. The van der Waals surface area contributed by atoms with E-state index >= 15 is 0 Å². The molecule has 1 heterocycles. The van der Waals surface area contributed by atoms with Crippen LogP contribution in [0, 0.1) is 17.8 Å². The van der Waals surface area contributed by atoms with Gasteiger partial charge in [0.2, 0.25) is 0 Å². The number of carbonyl (C=O) groups is 1. The van der Waals surface area contributed by atoms with E-state index in [9.17, 15) is 9.90 Å². The van der Waals surface area contributed by atoms with Crippen molar-refractivity contribution in [2.45, 2.75) is 76.4 Å². The van der Waals surface area contributed by atoms with Crippen molar-refractivity contribution in [1.82, 2.24) is 0 Å². The summed E-state index contributed by atoms with van der Waals surface area (Å²) in [7, 11) is 1.43. The molecule has 29 heavy (non-hydrogen) atoms. The zero-order valence-corrected chi connectivity index (χ0v) is 17.5. The molecule has 1 aromatic carbocycles. The Morgan fingerprint density at radius 3 is 3.07 bits per heavy atom. The number of hydrogen-bond acceptors (Lipinski definition) is 4. The second-order valence-electron chi connectivity index (χ2n) is 8.02. The highest BCUT2D eigenvalue weighted by Crippen LogP contribution is 2.49. The van der Waals surface area contributed by atoms with Gasteiger partial charge in [-0.05, 0) is 56.9 Å². The molecule has 1 aromatic rings. The molecule has 1 aliphatic carbocycles. The third kappa shape index (κ3) is 5.64. The molecule has 3 rings (SSSR count). The first kappa shape index (κ1) is 21.5. The van der Waals surface area contributed by atoms with Gasteiger partial charge in [0, 0.05) is 24.3 Å². The number of rotatable bonds is 8. The summed E-state index contributed by atoms with van der Waals surface area (Å²) in [6.45, 7) is 1.83. The number of fused-ring (bicyclic) bond motifs is 3. The number of methoxy groups -OCH3 is 1. The maximum absolute atomic E-state index is 11.4. The van der Waals surface area contributed by atoms with Gasteiger partial charge in [-0.25, -0.2) is 0 Å². The Balaban J connectivity index is 1.60. The minimum atomic E-state index is -0.415. The molecule has 4 nitrogen and oxygen atoms in total. The second-order valence-corrected chi connectivity index (χ2v) is 8.02. The van der Waals surface area contributed by atoms with Gasteiger partial charge in [-0.15, -0.1) is 11.8 Å². The summed E-state index contributed by atoms with van der Waals surface area (Å²) < 4.78 is 11.1. The number of aliphatic hydroxyl groups excluding tert-OH is 1. The van der Waals surface area contributed by atoms with Crippen LogP contribution in [0.3, 0.4) is 0 Å². The van der Waals surface area contributed by atoms with Gasteiger partial charge in [0.05, 0.1) is 13.2 Å². The fraction of sp³-hybridized carbons (Fsp3) is 0.560. The number of hydrogen-bond donors (Lipinski definition) is 1. The van der Waals surface area contributed by atoms with E-state index < -0.39 is 6.10 Å². The molecule has 1 fully saturated rings. The van der Waals surface area contributed by atoms with Crippen molar-refractivity contribution in [3.63, 3.8) is 0 Å². The SMILES string of the molecule is CC#CCCC(O)/C=C/C1CCC2Oc3c(CCCC(=O)OC)cccc3C2C1. The number of esters is 1. The first-order chi connectivity index (χ1) is 14.1. The van der Waals surface area contributed by atoms with Gasteiger partial charge in [0.25, 0.3) is 0 Å². The monoisotopic (exact) mass is 396 g/mol. The lowest BCUT2D eigenvalue weighted by Crippen LogP contribution is -2.26. The predicted molar refractivity (Wildman–Crippen MR) is 114 cm³/mol. The van der Waals surface area contributed by atoms with Crippen LogP contribution in [-0.2, 0) is 16.0 Å². The lowest BCUT2D eigenvalue weighted by atomic mass is 9.77. The Morgan fingerprint density at radius 2 is 2.28 bits per heavy atom. The highest BCUT2D eigenvalue weighted by molar-refractivity contribution is 5.69. The van der Waals surface area contributed by atoms with Crippen LogP contribution in [0.15, 0.2) is 30.4 Å². The van der Waals surface area contributed by atoms with E-state index in [1.165, 1.54) is 18.2 Å². The summed E-state index contributed by atoms with van der Waals surface area (Å²) in [5.41, 5.74) is 2.50. The maximum atomic E-state index is 11.4. The van der Waals surface area contributed by atoms with Crippen molar-refractivity contribution in [2.75, 3.05) is 7.11 Å². The number of benzene rings is 1. The minimum absolute atomic E-state index is 0.161. The lowest BCUT2D eigenvalue weighted by Gasteiger charge is -2.29. The van der Waals surface area contributed by atoms with E-state index in [1.807, 2.05) is 13.0 Å². The van der Waals surface area contributed by atoms with Gasteiger partial charge in [-0.1, -0.05) is 30.4 Å². The fourth-order valence-corrected chi connectivity index (χ4v) is 4.46. The van der Waals surface area contributed by atoms with Crippen LogP contribution in [-0.4, -0.2) is 30.4 Å². The van der Waals surface area contributed by atoms with Gasteiger partial charge in [0.15, 0.2) is 0 Å². The fourth-order valence-electron chi connectivity index (χ4n) is 4.46. The van der Waals surface area contributed by atoms with Crippen molar-refractivity contribution in [3.8, 4) is 17.6 Å². The maximum Gasteiger partial charge on any atom is 0.305 e. The lowest BCUT2D eigenvalue weighted by molar-refractivity contribution is -0.140. The van der Waals surface area contributed by atoms with E-state index in [1.54, 1.807) is 0 Å². The van der Waals surface area contributed by atoms with Gasteiger partial charge in [-0.3, -0.25) is 4.79 Å². The second kappa shape index (κ2) is 10.5. The smallest absolute Gasteiger partial charge is 0.305 e. The molecule has 2 aliphatic rings. The summed E-state index contributed by atoms with van der Waals surface area (Å²) in [5, 5.41) is 10.1. The van der Waals surface area contributed by atoms with Crippen molar-refractivity contribution >= 4 is 5.97 Å². The number of para-hydroxylation sites is 1. The molecular formula is C25H32O4. The van der Waals surface area contributed by atoms with E-state index in [2.05, 4.69) is 36.1 Å². The van der Waals surface area contributed by atoms with E-state index in [4.69, 9.17) is 9.47 Å². The van der Waals surface area contributed by atoms with Gasteiger partial charge in [0.1, 0.15) is 11.9 Å². The van der Waals surface area contributed by atoms with Crippen LogP contribution in [0.5, 0.6) is 5.75 Å². The molecule has 0 spiro atoms. The quantitative estimate of drug-likeness (QED) is 0.398. The number of ether oxygens (including phenoxy) is 2. The Labute approximate surface area is 174 Å². The van der Waals surface area contributed by atoms with Crippen LogP contribution >= 0.6 is 0 Å². The van der Waals surface area contributed by atoms with E-state index in [0.717, 1.165) is 44.3 Å². The molecule has 4 atom stereocenters. The molecule has 1 N–H and O–H groups in total. The molecule has 156 valence electrons. The first-order valence-electron chi connectivity index (χ1n) is 10.7. The Bertz CT molecular complexity index is 786. The molecule has 0 aromatic heterocycles. The number of carbonyl (C=O) groups excluding carboxylic acids is 1. The molecule has 0 saturated heterocycles. The normalized spacial score (nSPS) is 23.5. The summed E-state index contributed by atoms with van der Waals surface area (Å²) in [5.74, 6) is 7.63. The number of allylic oxidation sites excluding steroid dienone is 1. The number of aliphatic hydroxyl groups is 1. The Kier molecular flexibility index (Phi) is 7.77. The van der Waals surface area contributed by atoms with Crippen molar-refractivity contribution in [3.05, 3.63) is 41.5 Å². The Morgan fingerprint density at radius 1 is 1.41 bits per heavy atom. The predicted octanol–water partition coefficient (Wildman–Crippen LogP) is 4.55. The summed E-state index contributed by atoms with van der Waals surface area (Å²) in [6, 6.07) is 6.41. The van der Waals surface area contributed by atoms with Crippen molar-refractivity contribution in [1.29, 1.82) is 0 Å². The average Bonchev–Trinajstić information content (AvgIpc) is 3.11. The first-order valence-corrected chi connectivity index (χ1v) is 10.7. The van der Waals surface area contributed by atoms with Crippen LogP contribution in [0.4, 0.5) is 0 Å². The molecule has 1 saturated carbocycles. The largest absolute Gasteiger partial charge is 0.489 e. The molecule has 4 unspecified atom stereocenters. The van der Waals surface area contributed by atoms with Crippen molar-refractivity contribution < 1.29 is 19.4 Å². The van der Waals surface area contributed by atoms with E-state index in [0.29, 0.717) is 24.7 Å². The highest BCUT2D eigenvalue weighted by Gasteiger charge is 2.39. The zero-order valence-electron chi connectivity index (χ0n) is 17.5. The van der Waals surface area contributed by atoms with Crippen molar-refractivity contribution in [2.24, 2.45) is 5.92 Å². The van der Waals surface area contributed by atoms with E-state index in [-0.39, 0.29) is 12.1 Å². The van der Waals surface area contributed by atoms with Crippen LogP contribution in [0.25, 0.3) is 0 Å². The van der Waals surface area contributed by atoms with Gasteiger partial charge in [-0.2, -0.15) is 0 Å². The van der Waals surface area contributed by atoms with Crippen LogP contribution in [0.2, 0.25) is 0 Å².